The van der Waals surface area contributed by atoms with Gasteiger partial charge in [-0.2, -0.15) is 4.40 Å². The lowest BCUT2D eigenvalue weighted by atomic mass is 9.93. The lowest BCUT2D eigenvalue weighted by molar-refractivity contribution is 0.627. The highest BCUT2D eigenvalue weighted by molar-refractivity contribution is 7.98. The van der Waals surface area contributed by atoms with E-state index in [1.54, 1.807) is 6.07 Å². The molecule has 2 aliphatic rings. The molecule has 0 amide bonds. The number of halogens is 1. The summed E-state index contributed by atoms with van der Waals surface area (Å²) in [5.74, 6) is 1.45. The van der Waals surface area contributed by atoms with Crippen LogP contribution < -0.4 is 4.90 Å². The lowest BCUT2D eigenvalue weighted by Gasteiger charge is -2.29. The summed E-state index contributed by atoms with van der Waals surface area (Å²) in [4.78, 5) is 2.14. The molecule has 18 heavy (non-hydrogen) atoms. The maximum Gasteiger partial charge on any atom is 0.149 e. The van der Waals surface area contributed by atoms with E-state index in [1.807, 2.05) is 18.2 Å². The van der Waals surface area contributed by atoms with E-state index in [9.17, 15) is 4.39 Å². The van der Waals surface area contributed by atoms with Gasteiger partial charge in [0.05, 0.1) is 11.6 Å². The van der Waals surface area contributed by atoms with Crippen LogP contribution >= 0.6 is 11.9 Å². The predicted octanol–water partition coefficient (Wildman–Crippen LogP) is 3.68. The van der Waals surface area contributed by atoms with Crippen LogP contribution in [0.1, 0.15) is 5.56 Å². The molecular weight excluding hydrogens is 247 g/mol. The van der Waals surface area contributed by atoms with E-state index in [-0.39, 0.29) is 5.82 Å². The fourth-order valence-corrected chi connectivity index (χ4v) is 3.26. The summed E-state index contributed by atoms with van der Waals surface area (Å²) in [6.45, 7) is 0. The molecule has 0 atom stereocenters. The zero-order valence-electron chi connectivity index (χ0n) is 9.43. The van der Waals surface area contributed by atoms with E-state index in [4.69, 9.17) is 0 Å². The van der Waals surface area contributed by atoms with E-state index >= 15 is 0 Å². The monoisotopic (exact) mass is 256 g/mol. The zero-order chi connectivity index (χ0) is 12.1. The molecule has 2 aromatic carbocycles. The van der Waals surface area contributed by atoms with Gasteiger partial charge in [0.15, 0.2) is 0 Å². The Labute approximate surface area is 108 Å². The van der Waals surface area contributed by atoms with Crippen LogP contribution in [0.25, 0.3) is 11.1 Å². The van der Waals surface area contributed by atoms with E-state index in [0.29, 0.717) is 0 Å². The number of hydrogen-bond acceptors (Lipinski definition) is 3. The van der Waals surface area contributed by atoms with Crippen LogP contribution in [-0.4, -0.2) is 11.7 Å². The minimum atomic E-state index is -0.215. The molecule has 0 spiro atoms. The molecule has 2 nitrogen and oxygen atoms in total. The second kappa shape index (κ2) is 3.59. The second-order valence-corrected chi connectivity index (χ2v) is 5.01. The molecule has 0 aliphatic carbocycles. The minimum Gasteiger partial charge on any atom is -0.313 e. The Hall–Kier alpha value is -1.81. The largest absolute Gasteiger partial charge is 0.313 e. The van der Waals surface area contributed by atoms with Gasteiger partial charge >= 0.3 is 0 Å². The molecule has 2 aromatic rings. The summed E-state index contributed by atoms with van der Waals surface area (Å²) >= 11 is 1.50. The average molecular weight is 256 g/mol. The third-order valence-corrected chi connectivity index (χ3v) is 3.98. The van der Waals surface area contributed by atoms with Crippen LogP contribution in [0.5, 0.6) is 0 Å². The lowest BCUT2D eigenvalue weighted by Crippen LogP contribution is -2.31. The van der Waals surface area contributed by atoms with E-state index in [2.05, 4.69) is 21.4 Å². The Balaban J connectivity index is 2.08. The normalized spacial score (nSPS) is 15.8. The molecule has 0 bridgehead atoms. The van der Waals surface area contributed by atoms with Gasteiger partial charge in [-0.15, -0.1) is 0 Å². The van der Waals surface area contributed by atoms with Gasteiger partial charge in [-0.05, 0) is 35.7 Å². The van der Waals surface area contributed by atoms with Crippen molar-refractivity contribution in [2.24, 2.45) is 4.40 Å². The first-order valence-electron chi connectivity index (χ1n) is 5.71. The molecule has 0 fully saturated rings. The van der Waals surface area contributed by atoms with Crippen LogP contribution in [0.3, 0.4) is 0 Å². The first-order chi connectivity index (χ1) is 8.84. The molecule has 2 aliphatic heterocycles. The van der Waals surface area contributed by atoms with Crippen molar-refractivity contribution in [1.29, 1.82) is 0 Å². The summed E-state index contributed by atoms with van der Waals surface area (Å²) in [7, 11) is 0. The van der Waals surface area contributed by atoms with Gasteiger partial charge in [0.25, 0.3) is 0 Å². The van der Waals surface area contributed by atoms with E-state index < -0.39 is 0 Å². The minimum absolute atomic E-state index is 0.215. The quantitative estimate of drug-likeness (QED) is 0.668. The van der Waals surface area contributed by atoms with Gasteiger partial charge in [0.2, 0.25) is 0 Å². The average Bonchev–Trinajstić information content (AvgIpc) is 2.88. The molecule has 0 radical (unpaired) electrons. The van der Waals surface area contributed by atoms with Gasteiger partial charge in [0, 0.05) is 11.1 Å². The van der Waals surface area contributed by atoms with Crippen molar-refractivity contribution < 1.29 is 4.39 Å². The van der Waals surface area contributed by atoms with Crippen LogP contribution in [0.2, 0.25) is 0 Å². The Morgan fingerprint density at radius 2 is 1.94 bits per heavy atom. The summed E-state index contributed by atoms with van der Waals surface area (Å²) < 4.78 is 17.9. The molecule has 4 heteroatoms. The third kappa shape index (κ3) is 1.26. The predicted molar refractivity (Wildman–Crippen MR) is 73.3 cm³/mol. The molecule has 0 N–H and O–H groups in total. The number of rotatable bonds is 0. The van der Waals surface area contributed by atoms with Crippen LogP contribution in [0, 0.1) is 5.82 Å². The number of amidine groups is 1. The van der Waals surface area contributed by atoms with Gasteiger partial charge in [0.1, 0.15) is 11.7 Å². The summed E-state index contributed by atoms with van der Waals surface area (Å²) in [6.07, 6.45) is 0. The van der Waals surface area contributed by atoms with Gasteiger partial charge in [-0.25, -0.2) is 4.39 Å². The number of hydrogen-bond donors (Lipinski definition) is 0. The number of nitrogens with zero attached hydrogens (tertiary/aromatic N) is 2. The maximum absolute atomic E-state index is 13.4. The molecule has 0 saturated carbocycles. The molecular formula is C14H9FN2S. The van der Waals surface area contributed by atoms with Gasteiger partial charge in [-0.3, -0.25) is 0 Å². The zero-order valence-corrected chi connectivity index (χ0v) is 10.2. The summed E-state index contributed by atoms with van der Waals surface area (Å²) in [5.41, 5.74) is 4.25. The second-order valence-electron chi connectivity index (χ2n) is 4.31. The van der Waals surface area contributed by atoms with Gasteiger partial charge in [-0.1, -0.05) is 24.3 Å². The fourth-order valence-electron chi connectivity index (χ4n) is 2.51. The smallest absolute Gasteiger partial charge is 0.149 e. The number of fused-ring (bicyclic) bond motifs is 6. The number of anilines is 1. The van der Waals surface area contributed by atoms with Crippen molar-refractivity contribution in [1.82, 2.24) is 0 Å². The molecule has 2 heterocycles. The molecule has 88 valence electrons. The molecule has 0 saturated heterocycles. The Morgan fingerprint density at radius 3 is 2.89 bits per heavy atom. The Morgan fingerprint density at radius 1 is 1.06 bits per heavy atom. The number of para-hydroxylation sites is 1. The van der Waals surface area contributed by atoms with Crippen molar-refractivity contribution in [2.45, 2.75) is 0 Å². The standard InChI is InChI=1S/C14H9FN2S/c15-9-5-6-10-11-3-1-2-4-13(11)17-8-18-16-14(17)12(10)7-9/h1-7H,8H2. The van der Waals surface area contributed by atoms with Crippen molar-refractivity contribution in [3.05, 3.63) is 53.8 Å². The van der Waals surface area contributed by atoms with Crippen LogP contribution in [-0.2, 0) is 0 Å². The van der Waals surface area contributed by atoms with Crippen LogP contribution in [0.15, 0.2) is 46.9 Å². The Bertz CT molecular complexity index is 681. The highest BCUT2D eigenvalue weighted by atomic mass is 32.2. The maximum atomic E-state index is 13.4. The van der Waals surface area contributed by atoms with E-state index in [0.717, 1.165) is 34.1 Å². The fraction of sp³-hybridized carbons (Fsp3) is 0.0714. The molecule has 4 rings (SSSR count). The van der Waals surface area contributed by atoms with Crippen molar-refractivity contribution >= 4 is 23.5 Å². The SMILES string of the molecule is Fc1ccc2c(c1)C1=NSCN1c1ccccc1-2. The summed E-state index contributed by atoms with van der Waals surface area (Å²) in [6, 6.07) is 13.1. The van der Waals surface area contributed by atoms with Crippen molar-refractivity contribution in [3.8, 4) is 11.1 Å². The highest BCUT2D eigenvalue weighted by Crippen LogP contribution is 2.42. The first kappa shape index (κ1) is 10.1. The molecule has 0 unspecified atom stereocenters. The van der Waals surface area contributed by atoms with Crippen LogP contribution in [0.4, 0.5) is 10.1 Å². The number of benzene rings is 2. The molecule has 0 aromatic heterocycles. The van der Waals surface area contributed by atoms with E-state index in [1.165, 1.54) is 18.0 Å². The summed E-state index contributed by atoms with van der Waals surface area (Å²) in [5, 5.41) is 0. The highest BCUT2D eigenvalue weighted by Gasteiger charge is 2.30. The van der Waals surface area contributed by atoms with Crippen molar-refractivity contribution in [3.63, 3.8) is 0 Å². The Kier molecular flexibility index (Phi) is 2.02. The topological polar surface area (TPSA) is 15.6 Å². The first-order valence-corrected chi connectivity index (χ1v) is 6.66. The van der Waals surface area contributed by atoms with Gasteiger partial charge < -0.3 is 4.90 Å². The van der Waals surface area contributed by atoms with Crippen molar-refractivity contribution in [2.75, 3.05) is 10.8 Å². The third-order valence-electron chi connectivity index (χ3n) is 3.30.